The van der Waals surface area contributed by atoms with Crippen molar-refractivity contribution in [2.75, 3.05) is 32.0 Å². The van der Waals surface area contributed by atoms with Crippen LogP contribution in [0.15, 0.2) is 102 Å². The van der Waals surface area contributed by atoms with Gasteiger partial charge in [0.15, 0.2) is 17.3 Å². The van der Waals surface area contributed by atoms with Crippen molar-refractivity contribution in [3.05, 3.63) is 119 Å². The summed E-state index contributed by atoms with van der Waals surface area (Å²) < 4.78 is 23.0. The van der Waals surface area contributed by atoms with Crippen molar-refractivity contribution in [3.8, 4) is 23.0 Å². The number of fused-ring (bicyclic) bond motifs is 1. The van der Waals surface area contributed by atoms with Gasteiger partial charge in [0.2, 0.25) is 0 Å². The van der Waals surface area contributed by atoms with E-state index in [2.05, 4.69) is 10.6 Å². The molecule has 2 atom stereocenters. The number of allylic oxidation sites excluding steroid dienone is 1. The quantitative estimate of drug-likeness (QED) is 0.234. The van der Waals surface area contributed by atoms with Gasteiger partial charge in [-0.1, -0.05) is 48.5 Å². The first-order valence-corrected chi connectivity index (χ1v) is 14.0. The molecule has 0 saturated carbocycles. The van der Waals surface area contributed by atoms with Gasteiger partial charge < -0.3 is 29.6 Å². The van der Waals surface area contributed by atoms with E-state index in [4.69, 9.17) is 18.9 Å². The predicted octanol–water partition coefficient (Wildman–Crippen LogP) is 7.27. The molecular formula is C35H34N2O5. The zero-order valence-corrected chi connectivity index (χ0v) is 24.0. The average Bonchev–Trinajstić information content (AvgIpc) is 3.21. The number of nitrogens with one attached hydrogen (secondary N) is 2. The van der Waals surface area contributed by atoms with Crippen molar-refractivity contribution in [1.29, 1.82) is 0 Å². The van der Waals surface area contributed by atoms with Crippen LogP contribution in [-0.4, -0.2) is 27.1 Å². The second-order valence-electron chi connectivity index (χ2n) is 10.5. The molecule has 0 bridgehead atoms. The number of hydrogen-bond donors (Lipinski definition) is 2. The van der Waals surface area contributed by atoms with Crippen molar-refractivity contribution >= 4 is 17.2 Å². The Morgan fingerprint density at radius 1 is 0.738 bits per heavy atom. The molecule has 0 fully saturated rings. The molecule has 0 aromatic heterocycles. The lowest BCUT2D eigenvalue weighted by Gasteiger charge is -2.30. The van der Waals surface area contributed by atoms with Crippen LogP contribution in [0.5, 0.6) is 23.0 Å². The molecule has 0 amide bonds. The highest BCUT2D eigenvalue weighted by molar-refractivity contribution is 6.01. The van der Waals surface area contributed by atoms with Gasteiger partial charge in [0.05, 0.1) is 38.7 Å². The van der Waals surface area contributed by atoms with E-state index in [1.807, 2.05) is 91.0 Å². The Bertz CT molecular complexity index is 1630. The van der Waals surface area contributed by atoms with Crippen LogP contribution in [0.2, 0.25) is 0 Å². The molecule has 42 heavy (non-hydrogen) atoms. The summed E-state index contributed by atoms with van der Waals surface area (Å²) in [6.07, 6.45) is 1.00. The Hall–Kier alpha value is -4.91. The lowest BCUT2D eigenvalue weighted by molar-refractivity contribution is -0.116. The Morgan fingerprint density at radius 2 is 1.48 bits per heavy atom. The normalized spacial score (nSPS) is 17.6. The van der Waals surface area contributed by atoms with E-state index in [0.29, 0.717) is 30.9 Å². The summed E-state index contributed by atoms with van der Waals surface area (Å²) in [5.74, 6) is 2.75. The Labute approximate surface area is 246 Å². The van der Waals surface area contributed by atoms with Gasteiger partial charge in [0.25, 0.3) is 0 Å². The molecule has 4 aromatic carbocycles. The van der Waals surface area contributed by atoms with E-state index in [1.165, 1.54) is 0 Å². The standard InChI is InChI=1S/C35H34N2O5/c1-39-25-14-16-31(40-2)26(20-25)24-17-29-34(30(38)18-24)35(37-28-12-8-7-11-27(28)36-29)23-13-15-32(33(19-23)41-3)42-21-22-9-5-4-6-10-22/h4-16,19-20,24,35-37H,17-18,21H2,1-3H3. The number of carbonyl (C=O) groups is 1. The molecule has 214 valence electrons. The molecule has 4 aromatic rings. The van der Waals surface area contributed by atoms with Gasteiger partial charge in [-0.25, -0.2) is 0 Å². The predicted molar refractivity (Wildman–Crippen MR) is 164 cm³/mol. The summed E-state index contributed by atoms with van der Waals surface area (Å²) in [5.41, 5.74) is 6.41. The number of anilines is 2. The third-order valence-electron chi connectivity index (χ3n) is 7.94. The Morgan fingerprint density at radius 3 is 2.24 bits per heavy atom. The highest BCUT2D eigenvalue weighted by atomic mass is 16.5. The molecule has 7 heteroatoms. The van der Waals surface area contributed by atoms with Gasteiger partial charge in [-0.2, -0.15) is 0 Å². The van der Waals surface area contributed by atoms with Crippen LogP contribution < -0.4 is 29.6 Å². The maximum atomic E-state index is 14.1. The van der Waals surface area contributed by atoms with Crippen molar-refractivity contribution in [2.45, 2.75) is 31.4 Å². The summed E-state index contributed by atoms with van der Waals surface area (Å²) in [5, 5.41) is 7.25. The SMILES string of the molecule is COc1ccc(OC)c(C2CC(=O)C3=C(C2)Nc2ccccc2NC3c2ccc(OCc3ccccc3)c(OC)c2)c1. The summed E-state index contributed by atoms with van der Waals surface area (Å²) in [4.78, 5) is 14.1. The lowest BCUT2D eigenvalue weighted by atomic mass is 9.78. The molecule has 1 aliphatic heterocycles. The van der Waals surface area contributed by atoms with E-state index >= 15 is 0 Å². The number of ether oxygens (including phenoxy) is 4. The van der Waals surface area contributed by atoms with Crippen LogP contribution in [0.4, 0.5) is 11.4 Å². The topological polar surface area (TPSA) is 78.1 Å². The smallest absolute Gasteiger partial charge is 0.163 e. The summed E-state index contributed by atoms with van der Waals surface area (Å²) >= 11 is 0. The summed E-state index contributed by atoms with van der Waals surface area (Å²) in [6.45, 7) is 0.429. The highest BCUT2D eigenvalue weighted by Gasteiger charge is 2.37. The first-order chi connectivity index (χ1) is 20.6. The number of ketones is 1. The van der Waals surface area contributed by atoms with Crippen LogP contribution in [0, 0.1) is 0 Å². The van der Waals surface area contributed by atoms with E-state index < -0.39 is 0 Å². The number of methoxy groups -OCH3 is 3. The third-order valence-corrected chi connectivity index (χ3v) is 7.94. The van der Waals surface area contributed by atoms with Crippen molar-refractivity contribution < 1.29 is 23.7 Å². The van der Waals surface area contributed by atoms with Crippen LogP contribution in [0.1, 0.15) is 41.5 Å². The van der Waals surface area contributed by atoms with Gasteiger partial charge in [0, 0.05) is 29.2 Å². The molecule has 2 N–H and O–H groups in total. The molecule has 1 aliphatic carbocycles. The lowest BCUT2D eigenvalue weighted by Crippen LogP contribution is -2.27. The minimum atomic E-state index is -0.381. The van der Waals surface area contributed by atoms with Gasteiger partial charge in [-0.3, -0.25) is 4.79 Å². The van der Waals surface area contributed by atoms with Crippen molar-refractivity contribution in [1.82, 2.24) is 0 Å². The van der Waals surface area contributed by atoms with E-state index in [1.54, 1.807) is 21.3 Å². The fourth-order valence-corrected chi connectivity index (χ4v) is 5.84. The Kier molecular flexibility index (Phi) is 7.73. The second kappa shape index (κ2) is 11.9. The molecule has 6 rings (SSSR count). The van der Waals surface area contributed by atoms with Gasteiger partial charge in [-0.15, -0.1) is 0 Å². The number of carbonyl (C=O) groups excluding carboxylic acids is 1. The molecular weight excluding hydrogens is 528 g/mol. The minimum absolute atomic E-state index is 0.0667. The van der Waals surface area contributed by atoms with Crippen molar-refractivity contribution in [3.63, 3.8) is 0 Å². The van der Waals surface area contributed by atoms with E-state index in [9.17, 15) is 4.79 Å². The molecule has 0 saturated heterocycles. The number of hydrogen-bond acceptors (Lipinski definition) is 7. The number of benzene rings is 4. The number of rotatable bonds is 8. The van der Waals surface area contributed by atoms with Crippen molar-refractivity contribution in [2.24, 2.45) is 0 Å². The maximum Gasteiger partial charge on any atom is 0.163 e. The van der Waals surface area contributed by atoms with Gasteiger partial charge in [0.1, 0.15) is 18.1 Å². The zero-order valence-electron chi connectivity index (χ0n) is 24.0. The first kappa shape index (κ1) is 27.3. The summed E-state index contributed by atoms with van der Waals surface area (Å²) in [7, 11) is 4.93. The molecule has 2 aliphatic rings. The van der Waals surface area contributed by atoms with Gasteiger partial charge in [-0.05, 0) is 60.0 Å². The van der Waals surface area contributed by atoms with Crippen LogP contribution in [-0.2, 0) is 11.4 Å². The van der Waals surface area contributed by atoms with E-state index in [-0.39, 0.29) is 17.7 Å². The highest BCUT2D eigenvalue weighted by Crippen LogP contribution is 2.47. The molecule has 1 heterocycles. The first-order valence-electron chi connectivity index (χ1n) is 14.0. The monoisotopic (exact) mass is 562 g/mol. The maximum absolute atomic E-state index is 14.1. The minimum Gasteiger partial charge on any atom is -0.497 e. The van der Waals surface area contributed by atoms with Crippen LogP contribution in [0.3, 0.4) is 0 Å². The number of para-hydroxylation sites is 2. The molecule has 0 spiro atoms. The molecule has 2 unspecified atom stereocenters. The average molecular weight is 563 g/mol. The fourth-order valence-electron chi connectivity index (χ4n) is 5.84. The second-order valence-corrected chi connectivity index (χ2v) is 10.5. The van der Waals surface area contributed by atoms with E-state index in [0.717, 1.165) is 50.8 Å². The largest absolute Gasteiger partial charge is 0.497 e. The zero-order chi connectivity index (χ0) is 29.1. The third kappa shape index (κ3) is 5.38. The van der Waals surface area contributed by atoms with Gasteiger partial charge >= 0.3 is 0 Å². The fraction of sp³-hybridized carbons (Fsp3) is 0.229. The summed E-state index contributed by atoms with van der Waals surface area (Å²) in [6, 6.07) is 29.3. The number of Topliss-reactive ketones (excluding diaryl/α,β-unsaturated/α-hetero) is 1. The van der Waals surface area contributed by atoms with Crippen LogP contribution >= 0.6 is 0 Å². The molecule has 0 radical (unpaired) electrons. The van der Waals surface area contributed by atoms with Crippen LogP contribution in [0.25, 0.3) is 0 Å². The Balaban J connectivity index is 1.38. The molecule has 7 nitrogen and oxygen atoms in total.